The zero-order chi connectivity index (χ0) is 21.1. The molecule has 0 bridgehead atoms. The molecule has 0 aliphatic carbocycles. The van der Waals surface area contributed by atoms with Gasteiger partial charge in [-0.1, -0.05) is 18.9 Å². The standard InChI is InChI=1S/C24H21N5O/c1-3-17-10-11-26-22(13-17)28-24(30)19-7-6-16(2)18(14-19)8-9-20-15-27-23-21(25)5-4-12-29(20)23/h4-7,10-15H,3,25H2,1-2H3,(H,26,28,30). The highest BCUT2D eigenvalue weighted by Crippen LogP contribution is 2.15. The molecule has 3 heterocycles. The molecule has 0 saturated carbocycles. The van der Waals surface area contributed by atoms with Crippen molar-refractivity contribution in [2.75, 3.05) is 11.1 Å². The number of hydrogen-bond acceptors (Lipinski definition) is 4. The molecule has 1 aromatic carbocycles. The van der Waals surface area contributed by atoms with Crippen molar-refractivity contribution in [2.45, 2.75) is 20.3 Å². The van der Waals surface area contributed by atoms with Gasteiger partial charge in [0.15, 0.2) is 5.65 Å². The number of carbonyl (C=O) groups excluding carboxylic acids is 1. The summed E-state index contributed by atoms with van der Waals surface area (Å²) < 4.78 is 1.85. The molecular formula is C24H21N5O. The van der Waals surface area contributed by atoms with Crippen LogP contribution in [0.2, 0.25) is 0 Å². The van der Waals surface area contributed by atoms with Gasteiger partial charge in [-0.05, 0) is 66.8 Å². The average molecular weight is 395 g/mol. The van der Waals surface area contributed by atoms with Gasteiger partial charge in [-0.15, -0.1) is 0 Å². The van der Waals surface area contributed by atoms with E-state index < -0.39 is 0 Å². The second-order valence-corrected chi connectivity index (χ2v) is 6.94. The van der Waals surface area contributed by atoms with Crippen LogP contribution < -0.4 is 11.1 Å². The Hall–Kier alpha value is -4.11. The van der Waals surface area contributed by atoms with Crippen LogP contribution >= 0.6 is 0 Å². The average Bonchev–Trinajstić information content (AvgIpc) is 3.17. The van der Waals surface area contributed by atoms with Crippen molar-refractivity contribution in [3.8, 4) is 11.8 Å². The Labute approximate surface area is 174 Å². The molecule has 3 aromatic heterocycles. The number of aryl methyl sites for hydroxylation is 2. The molecule has 0 aliphatic heterocycles. The largest absolute Gasteiger partial charge is 0.396 e. The third kappa shape index (κ3) is 3.87. The number of anilines is 2. The highest BCUT2D eigenvalue weighted by molar-refractivity contribution is 6.04. The van der Waals surface area contributed by atoms with Crippen molar-refractivity contribution in [2.24, 2.45) is 0 Å². The highest BCUT2D eigenvalue weighted by Gasteiger charge is 2.09. The lowest BCUT2D eigenvalue weighted by molar-refractivity contribution is 0.102. The summed E-state index contributed by atoms with van der Waals surface area (Å²) in [7, 11) is 0. The summed E-state index contributed by atoms with van der Waals surface area (Å²) in [5.74, 6) is 6.61. The van der Waals surface area contributed by atoms with Gasteiger partial charge in [0.1, 0.15) is 11.5 Å². The van der Waals surface area contributed by atoms with Crippen molar-refractivity contribution in [3.63, 3.8) is 0 Å². The number of rotatable bonds is 3. The van der Waals surface area contributed by atoms with Gasteiger partial charge in [0.05, 0.1) is 11.9 Å². The van der Waals surface area contributed by atoms with Crippen LogP contribution in [0.25, 0.3) is 5.65 Å². The van der Waals surface area contributed by atoms with Crippen LogP contribution in [0.3, 0.4) is 0 Å². The third-order valence-electron chi connectivity index (χ3n) is 4.87. The van der Waals surface area contributed by atoms with Crippen LogP contribution in [0.4, 0.5) is 11.5 Å². The second kappa shape index (κ2) is 8.10. The van der Waals surface area contributed by atoms with Crippen molar-refractivity contribution in [1.82, 2.24) is 14.4 Å². The lowest BCUT2D eigenvalue weighted by atomic mass is 10.0. The Bertz CT molecular complexity index is 1310. The van der Waals surface area contributed by atoms with Gasteiger partial charge in [0.25, 0.3) is 5.91 Å². The van der Waals surface area contributed by atoms with Crippen LogP contribution in [-0.4, -0.2) is 20.3 Å². The SMILES string of the molecule is CCc1ccnc(NC(=O)c2ccc(C)c(C#Cc3cnc4c(N)cccn34)c2)c1. The predicted octanol–water partition coefficient (Wildman–Crippen LogP) is 3.83. The topological polar surface area (TPSA) is 85.3 Å². The van der Waals surface area contributed by atoms with E-state index in [1.165, 1.54) is 0 Å². The molecule has 4 aromatic rings. The van der Waals surface area contributed by atoms with Crippen LogP contribution in [-0.2, 0) is 6.42 Å². The Kier molecular flexibility index (Phi) is 5.19. The van der Waals surface area contributed by atoms with Gasteiger partial charge >= 0.3 is 0 Å². The minimum atomic E-state index is -0.221. The highest BCUT2D eigenvalue weighted by atomic mass is 16.1. The summed E-state index contributed by atoms with van der Waals surface area (Å²) in [6, 6.07) is 12.9. The number of hydrogen-bond donors (Lipinski definition) is 2. The van der Waals surface area contributed by atoms with Crippen molar-refractivity contribution in [1.29, 1.82) is 0 Å². The van der Waals surface area contributed by atoms with Crippen LogP contribution in [0.1, 0.15) is 39.7 Å². The number of amides is 1. The number of nitrogens with one attached hydrogen (secondary N) is 1. The molecule has 0 radical (unpaired) electrons. The van der Waals surface area contributed by atoms with Gasteiger partial charge in [-0.3, -0.25) is 9.20 Å². The Morgan fingerprint density at radius 3 is 2.87 bits per heavy atom. The zero-order valence-electron chi connectivity index (χ0n) is 16.8. The molecule has 0 atom stereocenters. The fourth-order valence-corrected chi connectivity index (χ4v) is 3.11. The quantitative estimate of drug-likeness (QED) is 0.516. The first-order chi connectivity index (χ1) is 14.5. The number of pyridine rings is 2. The number of nitrogen functional groups attached to an aromatic ring is 1. The van der Waals surface area contributed by atoms with Gasteiger partial charge in [-0.2, -0.15) is 0 Å². The normalized spacial score (nSPS) is 10.5. The number of benzene rings is 1. The fraction of sp³-hybridized carbons (Fsp3) is 0.125. The Morgan fingerprint density at radius 1 is 1.17 bits per heavy atom. The van der Waals surface area contributed by atoms with E-state index in [0.717, 1.165) is 28.8 Å². The molecule has 30 heavy (non-hydrogen) atoms. The van der Waals surface area contributed by atoms with Gasteiger partial charge in [0.2, 0.25) is 0 Å². The second-order valence-electron chi connectivity index (χ2n) is 6.94. The predicted molar refractivity (Wildman–Crippen MR) is 118 cm³/mol. The van der Waals surface area contributed by atoms with Crippen molar-refractivity contribution < 1.29 is 4.79 Å². The van der Waals surface area contributed by atoms with E-state index in [4.69, 9.17) is 5.73 Å². The number of carbonyl (C=O) groups is 1. The van der Waals surface area contributed by atoms with Crippen LogP contribution in [0, 0.1) is 18.8 Å². The summed E-state index contributed by atoms with van der Waals surface area (Å²) in [4.78, 5) is 21.2. The minimum Gasteiger partial charge on any atom is -0.396 e. The molecule has 148 valence electrons. The Balaban J connectivity index is 1.61. The van der Waals surface area contributed by atoms with E-state index in [1.807, 2.05) is 41.8 Å². The van der Waals surface area contributed by atoms with E-state index in [0.29, 0.717) is 22.7 Å². The number of nitrogens with zero attached hydrogens (tertiary/aromatic N) is 3. The molecule has 0 saturated heterocycles. The van der Waals surface area contributed by atoms with Gasteiger partial charge in [0, 0.05) is 23.5 Å². The lowest BCUT2D eigenvalue weighted by Gasteiger charge is -2.07. The summed E-state index contributed by atoms with van der Waals surface area (Å²) in [6.07, 6.45) is 6.14. The lowest BCUT2D eigenvalue weighted by Crippen LogP contribution is -2.13. The molecule has 0 unspecified atom stereocenters. The van der Waals surface area contributed by atoms with Gasteiger partial charge in [-0.25, -0.2) is 9.97 Å². The minimum absolute atomic E-state index is 0.221. The van der Waals surface area contributed by atoms with Crippen LogP contribution in [0.15, 0.2) is 61.1 Å². The molecule has 0 aliphatic rings. The third-order valence-corrected chi connectivity index (χ3v) is 4.87. The van der Waals surface area contributed by atoms with E-state index in [9.17, 15) is 4.79 Å². The molecule has 3 N–H and O–H groups in total. The first-order valence-corrected chi connectivity index (χ1v) is 9.65. The zero-order valence-corrected chi connectivity index (χ0v) is 16.8. The van der Waals surface area contributed by atoms with Crippen LogP contribution in [0.5, 0.6) is 0 Å². The Morgan fingerprint density at radius 2 is 2.03 bits per heavy atom. The van der Waals surface area contributed by atoms with E-state index in [-0.39, 0.29) is 5.91 Å². The summed E-state index contributed by atoms with van der Waals surface area (Å²) in [6.45, 7) is 4.02. The smallest absolute Gasteiger partial charge is 0.256 e. The maximum absolute atomic E-state index is 12.7. The molecule has 4 rings (SSSR count). The summed E-state index contributed by atoms with van der Waals surface area (Å²) in [5, 5.41) is 2.85. The molecule has 6 heteroatoms. The van der Waals surface area contributed by atoms with Crippen molar-refractivity contribution >= 4 is 23.1 Å². The van der Waals surface area contributed by atoms with E-state index in [1.54, 1.807) is 30.6 Å². The molecule has 0 spiro atoms. The molecular weight excluding hydrogens is 374 g/mol. The maximum atomic E-state index is 12.7. The fourth-order valence-electron chi connectivity index (χ4n) is 3.11. The maximum Gasteiger partial charge on any atom is 0.256 e. The first-order valence-electron chi connectivity index (χ1n) is 9.65. The van der Waals surface area contributed by atoms with Gasteiger partial charge < -0.3 is 11.1 Å². The first kappa shape index (κ1) is 19.2. The number of fused-ring (bicyclic) bond motifs is 1. The van der Waals surface area contributed by atoms with Crippen molar-refractivity contribution in [3.05, 3.63) is 89.0 Å². The number of aromatic nitrogens is 3. The monoisotopic (exact) mass is 395 g/mol. The van der Waals surface area contributed by atoms with E-state index >= 15 is 0 Å². The molecule has 1 amide bonds. The number of nitrogens with two attached hydrogens (primary N) is 1. The molecule has 6 nitrogen and oxygen atoms in total. The summed E-state index contributed by atoms with van der Waals surface area (Å²) in [5.41, 5.74) is 11.4. The van der Waals surface area contributed by atoms with E-state index in [2.05, 4.69) is 34.0 Å². The number of imidazole rings is 1. The molecule has 0 fully saturated rings. The summed E-state index contributed by atoms with van der Waals surface area (Å²) >= 11 is 0.